The first-order valence-electron chi connectivity index (χ1n) is 4.59. The van der Waals surface area contributed by atoms with Gasteiger partial charge in [0.15, 0.2) is 0 Å². The number of carbonyl (C=O) groups excluding carboxylic acids is 2. The normalized spacial score (nSPS) is 9.33. The van der Waals surface area contributed by atoms with Crippen molar-refractivity contribution in [3.05, 3.63) is 24.3 Å². The van der Waals surface area contributed by atoms with Crippen LogP contribution in [0.25, 0.3) is 0 Å². The van der Waals surface area contributed by atoms with Crippen LogP contribution in [0.3, 0.4) is 0 Å². The van der Waals surface area contributed by atoms with E-state index in [0.29, 0.717) is 11.1 Å². The Balaban J connectivity index is 4.36. The van der Waals surface area contributed by atoms with Gasteiger partial charge in [0.1, 0.15) is 0 Å². The number of nitrogens with zero attached hydrogens (tertiary/aromatic N) is 2. The first kappa shape index (κ1) is 13.4. The van der Waals surface area contributed by atoms with E-state index in [1.165, 1.54) is 9.80 Å². The minimum atomic E-state index is -0.170. The number of likely N-dealkylation sites (N-methyl/N-ethyl adjacent to an activating group) is 2. The topological polar surface area (TPSA) is 40.6 Å². The summed E-state index contributed by atoms with van der Waals surface area (Å²) in [6.07, 6.45) is 0. The van der Waals surface area contributed by atoms with E-state index in [2.05, 4.69) is 13.2 Å². The quantitative estimate of drug-likeness (QED) is 0.513. The van der Waals surface area contributed by atoms with Crippen LogP contribution in [0.1, 0.15) is 13.8 Å². The maximum atomic E-state index is 11.4. The Kier molecular flexibility index (Phi) is 4.78. The van der Waals surface area contributed by atoms with E-state index in [9.17, 15) is 9.59 Å². The number of hydrogen-bond donors (Lipinski definition) is 0. The highest BCUT2D eigenvalue weighted by Gasteiger charge is 2.15. The second kappa shape index (κ2) is 5.34. The molecule has 0 heterocycles. The van der Waals surface area contributed by atoms with Crippen LogP contribution in [0.15, 0.2) is 24.3 Å². The van der Waals surface area contributed by atoms with Crippen LogP contribution >= 0.6 is 0 Å². The van der Waals surface area contributed by atoms with Crippen LogP contribution < -0.4 is 0 Å². The average Bonchev–Trinajstić information content (AvgIpc) is 2.14. The predicted octanol–water partition coefficient (Wildman–Crippen LogP) is 1.01. The summed E-state index contributed by atoms with van der Waals surface area (Å²) in [6, 6.07) is 0. The van der Waals surface area contributed by atoms with Crippen molar-refractivity contribution < 1.29 is 9.59 Å². The Bertz CT molecular complexity index is 278. The summed E-state index contributed by atoms with van der Waals surface area (Å²) in [6.45, 7) is 10.6. The Labute approximate surface area is 90.9 Å². The van der Waals surface area contributed by atoms with E-state index in [-0.39, 0.29) is 18.5 Å². The van der Waals surface area contributed by atoms with Crippen LogP contribution in [0.5, 0.6) is 0 Å². The van der Waals surface area contributed by atoms with Crippen LogP contribution in [0, 0.1) is 0 Å². The van der Waals surface area contributed by atoms with E-state index in [1.54, 1.807) is 27.9 Å². The second-order valence-corrected chi connectivity index (χ2v) is 3.71. The van der Waals surface area contributed by atoms with Gasteiger partial charge in [0, 0.05) is 25.2 Å². The molecule has 4 heteroatoms. The number of rotatable bonds is 4. The van der Waals surface area contributed by atoms with Crippen molar-refractivity contribution in [2.45, 2.75) is 13.8 Å². The number of amides is 2. The molecular formula is C11H18N2O2. The fraction of sp³-hybridized carbons (Fsp3) is 0.455. The van der Waals surface area contributed by atoms with Gasteiger partial charge < -0.3 is 9.80 Å². The minimum Gasteiger partial charge on any atom is -0.324 e. The lowest BCUT2D eigenvalue weighted by atomic mass is 10.3. The molecule has 0 aliphatic rings. The van der Waals surface area contributed by atoms with Gasteiger partial charge in [0.25, 0.3) is 0 Å². The van der Waals surface area contributed by atoms with Gasteiger partial charge in [-0.15, -0.1) is 0 Å². The zero-order chi connectivity index (χ0) is 12.2. The molecule has 0 saturated carbocycles. The van der Waals surface area contributed by atoms with Crippen molar-refractivity contribution in [1.82, 2.24) is 9.80 Å². The summed E-state index contributed by atoms with van der Waals surface area (Å²) in [7, 11) is 3.25. The van der Waals surface area contributed by atoms with E-state index >= 15 is 0 Å². The van der Waals surface area contributed by atoms with E-state index in [0.717, 1.165) is 0 Å². The van der Waals surface area contributed by atoms with Gasteiger partial charge in [-0.05, 0) is 13.8 Å². The molecule has 15 heavy (non-hydrogen) atoms. The van der Waals surface area contributed by atoms with Gasteiger partial charge in [-0.1, -0.05) is 13.2 Å². The summed E-state index contributed by atoms with van der Waals surface area (Å²) in [5.74, 6) is -0.340. The molecule has 0 N–H and O–H groups in total. The number of carbonyl (C=O) groups is 2. The fourth-order valence-corrected chi connectivity index (χ4v) is 1.10. The molecule has 0 spiro atoms. The molecular weight excluding hydrogens is 192 g/mol. The maximum absolute atomic E-state index is 11.4. The standard InChI is InChI=1S/C11H18N2O2/c1-8(2)10(14)12(5)7-13(6)11(15)9(3)4/h1,3,7H2,2,4-6H3. The van der Waals surface area contributed by atoms with Gasteiger partial charge >= 0.3 is 0 Å². The summed E-state index contributed by atoms with van der Waals surface area (Å²) in [5.41, 5.74) is 0.905. The lowest BCUT2D eigenvalue weighted by Crippen LogP contribution is -2.40. The highest BCUT2D eigenvalue weighted by atomic mass is 16.2. The van der Waals surface area contributed by atoms with Crippen molar-refractivity contribution in [2.24, 2.45) is 0 Å². The minimum absolute atomic E-state index is 0.170. The van der Waals surface area contributed by atoms with Crippen molar-refractivity contribution in [3.8, 4) is 0 Å². The molecule has 0 unspecified atom stereocenters. The largest absolute Gasteiger partial charge is 0.324 e. The molecule has 0 aromatic heterocycles. The van der Waals surface area contributed by atoms with Gasteiger partial charge in [-0.2, -0.15) is 0 Å². The molecule has 0 aliphatic heterocycles. The predicted molar refractivity (Wildman–Crippen MR) is 60.0 cm³/mol. The Morgan fingerprint density at radius 2 is 1.20 bits per heavy atom. The molecule has 4 nitrogen and oxygen atoms in total. The third-order valence-electron chi connectivity index (χ3n) is 1.85. The van der Waals surface area contributed by atoms with Crippen molar-refractivity contribution in [2.75, 3.05) is 20.8 Å². The van der Waals surface area contributed by atoms with Gasteiger partial charge in [0.2, 0.25) is 11.8 Å². The Morgan fingerprint density at radius 1 is 0.933 bits per heavy atom. The second-order valence-electron chi connectivity index (χ2n) is 3.71. The molecule has 0 atom stereocenters. The average molecular weight is 210 g/mol. The van der Waals surface area contributed by atoms with E-state index < -0.39 is 0 Å². The molecule has 0 rings (SSSR count). The molecule has 0 fully saturated rings. The molecule has 0 radical (unpaired) electrons. The van der Waals surface area contributed by atoms with Crippen molar-refractivity contribution in [1.29, 1.82) is 0 Å². The third kappa shape index (κ3) is 3.97. The zero-order valence-corrected chi connectivity index (χ0v) is 9.83. The first-order valence-corrected chi connectivity index (χ1v) is 4.59. The third-order valence-corrected chi connectivity index (χ3v) is 1.85. The summed E-state index contributed by atoms with van der Waals surface area (Å²) >= 11 is 0. The zero-order valence-electron chi connectivity index (χ0n) is 9.83. The molecule has 0 aromatic rings. The van der Waals surface area contributed by atoms with Gasteiger partial charge in [-0.3, -0.25) is 9.59 Å². The number of hydrogen-bond acceptors (Lipinski definition) is 2. The lowest BCUT2D eigenvalue weighted by Gasteiger charge is -2.24. The highest BCUT2D eigenvalue weighted by molar-refractivity contribution is 5.94. The summed E-state index contributed by atoms with van der Waals surface area (Å²) in [4.78, 5) is 25.7. The molecule has 0 bridgehead atoms. The van der Waals surface area contributed by atoms with E-state index in [4.69, 9.17) is 0 Å². The molecule has 0 saturated heterocycles. The smallest absolute Gasteiger partial charge is 0.250 e. The first-order chi connectivity index (χ1) is 6.77. The summed E-state index contributed by atoms with van der Waals surface area (Å²) < 4.78 is 0. The Morgan fingerprint density at radius 3 is 1.40 bits per heavy atom. The SMILES string of the molecule is C=C(C)C(=O)N(C)CN(C)C(=O)C(=C)C. The van der Waals surface area contributed by atoms with Crippen molar-refractivity contribution >= 4 is 11.8 Å². The Hall–Kier alpha value is -1.58. The summed E-state index contributed by atoms with van der Waals surface area (Å²) in [5, 5.41) is 0. The van der Waals surface area contributed by atoms with Crippen molar-refractivity contribution in [3.63, 3.8) is 0 Å². The maximum Gasteiger partial charge on any atom is 0.250 e. The molecule has 2 amide bonds. The highest BCUT2D eigenvalue weighted by Crippen LogP contribution is 2.00. The van der Waals surface area contributed by atoms with E-state index in [1.807, 2.05) is 0 Å². The van der Waals surface area contributed by atoms with Gasteiger partial charge in [-0.25, -0.2) is 0 Å². The van der Waals surface area contributed by atoms with Crippen LogP contribution in [-0.2, 0) is 9.59 Å². The fourth-order valence-electron chi connectivity index (χ4n) is 1.10. The monoisotopic (exact) mass is 210 g/mol. The molecule has 0 aromatic carbocycles. The molecule has 84 valence electrons. The van der Waals surface area contributed by atoms with Crippen LogP contribution in [-0.4, -0.2) is 42.4 Å². The van der Waals surface area contributed by atoms with Gasteiger partial charge in [0.05, 0.1) is 6.67 Å². The van der Waals surface area contributed by atoms with Crippen LogP contribution in [0.2, 0.25) is 0 Å². The molecule has 0 aliphatic carbocycles. The van der Waals surface area contributed by atoms with Crippen LogP contribution in [0.4, 0.5) is 0 Å². The lowest BCUT2D eigenvalue weighted by molar-refractivity contribution is -0.132.